The molecule has 1 aromatic heterocycles. The molecule has 0 radical (unpaired) electrons. The second kappa shape index (κ2) is 12.4. The quantitative estimate of drug-likeness (QED) is 0.180. The summed E-state index contributed by atoms with van der Waals surface area (Å²) in [5.41, 5.74) is 10.2. The minimum atomic E-state index is -4.69. The van der Waals surface area contributed by atoms with Gasteiger partial charge in [-0.3, -0.25) is 5.01 Å². The van der Waals surface area contributed by atoms with Crippen LogP contribution in [-0.2, 0) is 22.6 Å². The lowest BCUT2D eigenvalue weighted by Crippen LogP contribution is -2.35. The summed E-state index contributed by atoms with van der Waals surface area (Å²) in [5.74, 6) is 0.0508. The molecule has 0 amide bonds. The number of hydrogen-bond donors (Lipinski definition) is 3. The number of alkyl halides is 3. The number of hydrazine groups is 1. The number of hydrogen-bond acceptors (Lipinski definition) is 7. The van der Waals surface area contributed by atoms with Crippen molar-refractivity contribution in [1.29, 1.82) is 0 Å². The molecule has 0 aliphatic carbocycles. The van der Waals surface area contributed by atoms with Crippen molar-refractivity contribution in [3.63, 3.8) is 0 Å². The molecule has 0 saturated carbocycles. The average molecular weight is 675 g/mol. The normalized spacial score (nSPS) is 12.6. The second-order valence-corrected chi connectivity index (χ2v) is 12.6. The van der Waals surface area contributed by atoms with Gasteiger partial charge in [0.1, 0.15) is 5.82 Å². The van der Waals surface area contributed by atoms with Gasteiger partial charge in [0.2, 0.25) is 0 Å². The third-order valence-corrected chi connectivity index (χ3v) is 8.57. The summed E-state index contributed by atoms with van der Waals surface area (Å²) in [6.45, 7) is 0.825. The molecule has 0 aliphatic rings. The van der Waals surface area contributed by atoms with E-state index < -0.39 is 28.3 Å². The van der Waals surface area contributed by atoms with E-state index in [9.17, 15) is 26.7 Å². The Kier molecular flexibility index (Phi) is 9.41. The first-order valence-corrected chi connectivity index (χ1v) is 15.4. The molecule has 3 aromatic carbocycles. The highest BCUT2D eigenvalue weighted by Gasteiger charge is 2.35. The van der Waals surface area contributed by atoms with Crippen LogP contribution in [0.25, 0.3) is 22.5 Å². The zero-order chi connectivity index (χ0) is 31.9. The minimum absolute atomic E-state index is 0.0206. The van der Waals surface area contributed by atoms with Crippen molar-refractivity contribution < 1.29 is 26.7 Å². The van der Waals surface area contributed by atoms with Gasteiger partial charge >= 0.3 is 6.18 Å². The van der Waals surface area contributed by atoms with Crippen molar-refractivity contribution >= 4 is 56.0 Å². The molecule has 0 aliphatic heterocycles. The van der Waals surface area contributed by atoms with Gasteiger partial charge in [0.25, 0.3) is 0 Å². The number of nitrogens with two attached hydrogens (primary N) is 1. The minimum Gasteiger partial charge on any atom is -0.403 e. The Morgan fingerprint density at radius 2 is 1.79 bits per heavy atom. The SMILES string of the molecule is CNN(/C(=C\N)c1ccc(Cl)cc1Cl)c1cc(-c2cc(Cl)c(CO)c(S(C)(=O)=O)c2)ccc1-n1cc(C(F)(F)F)nc1C. The largest absolute Gasteiger partial charge is 0.434 e. The maximum Gasteiger partial charge on any atom is 0.434 e. The lowest BCUT2D eigenvalue weighted by Gasteiger charge is -2.30. The maximum atomic E-state index is 13.6. The standard InChI is InChI=1S/C28H25Cl3F3N5O3S/c1-15-37-27(28(32,33)34)13-38(15)23-7-4-16(17-8-21(30)20(14-40)26(10-17)43(3,41)42)9-24(23)39(36-2)25(12-35)19-6-5-18(29)11-22(19)31/h4-13,36,40H,14,35H2,1-3H3/b25-12-. The first-order valence-electron chi connectivity index (χ1n) is 12.4. The molecule has 1 heterocycles. The van der Waals surface area contributed by atoms with Gasteiger partial charge in [-0.05, 0) is 60.5 Å². The highest BCUT2D eigenvalue weighted by atomic mass is 35.5. The second-order valence-electron chi connectivity index (χ2n) is 9.34. The van der Waals surface area contributed by atoms with E-state index >= 15 is 0 Å². The Balaban J connectivity index is 2.03. The number of rotatable bonds is 8. The van der Waals surface area contributed by atoms with Crippen LogP contribution in [0.1, 0.15) is 22.6 Å². The Morgan fingerprint density at radius 3 is 2.33 bits per heavy atom. The van der Waals surface area contributed by atoms with Gasteiger partial charge in [-0.25, -0.2) is 18.8 Å². The topological polar surface area (TPSA) is 113 Å². The fraction of sp³-hybridized carbons (Fsp3) is 0.179. The fourth-order valence-corrected chi connectivity index (χ4v) is 6.36. The first kappa shape index (κ1) is 32.6. The number of benzene rings is 3. The van der Waals surface area contributed by atoms with Gasteiger partial charge in [0.05, 0.1) is 33.6 Å². The third-order valence-electron chi connectivity index (χ3n) is 6.52. The summed E-state index contributed by atoms with van der Waals surface area (Å²) in [7, 11) is -2.23. The van der Waals surface area contributed by atoms with Gasteiger partial charge in [-0.15, -0.1) is 0 Å². The average Bonchev–Trinajstić information content (AvgIpc) is 3.33. The number of nitrogens with one attached hydrogen (secondary N) is 1. The summed E-state index contributed by atoms with van der Waals surface area (Å²) in [6, 6.07) is 12.4. The van der Waals surface area contributed by atoms with Crippen LogP contribution in [0.4, 0.5) is 18.9 Å². The summed E-state index contributed by atoms with van der Waals surface area (Å²) in [4.78, 5) is 3.53. The molecule has 228 valence electrons. The van der Waals surface area contributed by atoms with Crippen LogP contribution in [0.3, 0.4) is 0 Å². The predicted molar refractivity (Wildman–Crippen MR) is 163 cm³/mol. The van der Waals surface area contributed by atoms with Crippen molar-refractivity contribution in [2.75, 3.05) is 18.3 Å². The van der Waals surface area contributed by atoms with E-state index in [-0.39, 0.29) is 32.0 Å². The molecule has 0 unspecified atom stereocenters. The molecule has 8 nitrogen and oxygen atoms in total. The van der Waals surface area contributed by atoms with Crippen molar-refractivity contribution in [2.45, 2.75) is 24.6 Å². The van der Waals surface area contributed by atoms with Gasteiger partial charge < -0.3 is 15.4 Å². The number of sulfone groups is 1. The molecule has 0 spiro atoms. The molecule has 4 rings (SSSR count). The van der Waals surface area contributed by atoms with E-state index in [1.165, 1.54) is 40.9 Å². The maximum absolute atomic E-state index is 13.6. The number of imidazole rings is 1. The van der Waals surface area contributed by atoms with E-state index in [0.29, 0.717) is 33.1 Å². The molecular formula is C28H25Cl3F3N5O3S. The highest BCUT2D eigenvalue weighted by molar-refractivity contribution is 7.90. The Bertz CT molecular complexity index is 1840. The molecule has 0 bridgehead atoms. The zero-order valence-electron chi connectivity index (χ0n) is 22.8. The Hall–Kier alpha value is -3.26. The third kappa shape index (κ3) is 6.64. The van der Waals surface area contributed by atoms with Crippen molar-refractivity contribution in [3.8, 4) is 16.8 Å². The predicted octanol–water partition coefficient (Wildman–Crippen LogP) is 6.62. The molecule has 15 heteroatoms. The summed E-state index contributed by atoms with van der Waals surface area (Å²) >= 11 is 19.0. The number of aliphatic hydroxyl groups is 1. The van der Waals surface area contributed by atoms with E-state index in [1.807, 2.05) is 0 Å². The van der Waals surface area contributed by atoms with Crippen LogP contribution in [0.5, 0.6) is 0 Å². The molecule has 43 heavy (non-hydrogen) atoms. The number of nitrogens with zero attached hydrogens (tertiary/aromatic N) is 3. The van der Waals surface area contributed by atoms with Crippen LogP contribution in [0.2, 0.25) is 15.1 Å². The molecule has 0 fully saturated rings. The molecule has 4 aromatic rings. The number of aryl methyl sites for hydroxylation is 1. The lowest BCUT2D eigenvalue weighted by atomic mass is 10.0. The lowest BCUT2D eigenvalue weighted by molar-refractivity contribution is -0.141. The molecular weight excluding hydrogens is 650 g/mol. The van der Waals surface area contributed by atoms with Crippen LogP contribution < -0.4 is 16.2 Å². The van der Waals surface area contributed by atoms with Gasteiger partial charge in [0, 0.05) is 46.9 Å². The van der Waals surface area contributed by atoms with Gasteiger partial charge in [-0.1, -0.05) is 40.9 Å². The van der Waals surface area contributed by atoms with Crippen molar-refractivity contribution in [2.24, 2.45) is 5.73 Å². The highest BCUT2D eigenvalue weighted by Crippen LogP contribution is 2.39. The van der Waals surface area contributed by atoms with Crippen LogP contribution in [0.15, 0.2) is 65.8 Å². The van der Waals surface area contributed by atoms with Crippen molar-refractivity contribution in [3.05, 3.63) is 98.6 Å². The summed E-state index contributed by atoms with van der Waals surface area (Å²) < 4.78 is 67.1. The first-order chi connectivity index (χ1) is 20.1. The van der Waals surface area contributed by atoms with Crippen LogP contribution >= 0.6 is 34.8 Å². The van der Waals surface area contributed by atoms with Crippen LogP contribution in [-0.4, -0.2) is 36.4 Å². The van der Waals surface area contributed by atoms with E-state index in [1.54, 1.807) is 37.4 Å². The number of anilines is 1. The monoisotopic (exact) mass is 673 g/mol. The number of aromatic nitrogens is 2. The van der Waals surface area contributed by atoms with Gasteiger partial charge in [0.15, 0.2) is 15.5 Å². The Morgan fingerprint density at radius 1 is 1.09 bits per heavy atom. The van der Waals surface area contributed by atoms with Crippen molar-refractivity contribution in [1.82, 2.24) is 15.0 Å². The summed E-state index contributed by atoms with van der Waals surface area (Å²) in [5, 5.41) is 11.9. The molecule has 4 N–H and O–H groups in total. The van der Waals surface area contributed by atoms with E-state index in [0.717, 1.165) is 12.5 Å². The smallest absolute Gasteiger partial charge is 0.403 e. The van der Waals surface area contributed by atoms with Gasteiger partial charge in [-0.2, -0.15) is 13.2 Å². The molecule has 0 atom stereocenters. The molecule has 0 saturated heterocycles. The van der Waals surface area contributed by atoms with E-state index in [4.69, 9.17) is 40.5 Å². The summed E-state index contributed by atoms with van der Waals surface area (Å²) in [6.07, 6.45) is -1.56. The number of halogens is 6. The fourth-order valence-electron chi connectivity index (χ4n) is 4.55. The van der Waals surface area contributed by atoms with Crippen LogP contribution in [0, 0.1) is 6.92 Å². The van der Waals surface area contributed by atoms with E-state index in [2.05, 4.69) is 10.4 Å². The number of aliphatic hydroxyl groups excluding tert-OH is 1. The zero-order valence-corrected chi connectivity index (χ0v) is 25.9. The Labute approximate surface area is 261 Å².